The van der Waals surface area contributed by atoms with Crippen LogP contribution >= 0.6 is 0 Å². The highest BCUT2D eigenvalue weighted by atomic mass is 16.5. The van der Waals surface area contributed by atoms with Gasteiger partial charge in [-0.2, -0.15) is 0 Å². The Hall–Kier alpha value is -1.06. The second kappa shape index (κ2) is 4.25. The van der Waals surface area contributed by atoms with E-state index in [1.54, 1.807) is 7.11 Å². The van der Waals surface area contributed by atoms with E-state index in [0.29, 0.717) is 0 Å². The molecule has 0 bridgehead atoms. The van der Waals surface area contributed by atoms with Crippen LogP contribution in [0.15, 0.2) is 18.2 Å². The summed E-state index contributed by atoms with van der Waals surface area (Å²) >= 11 is 0. The van der Waals surface area contributed by atoms with Crippen molar-refractivity contribution in [3.05, 3.63) is 29.3 Å². The van der Waals surface area contributed by atoms with Gasteiger partial charge >= 0.3 is 0 Å². The first kappa shape index (κ1) is 10.0. The van der Waals surface area contributed by atoms with Gasteiger partial charge in [0.15, 0.2) is 0 Å². The molecule has 0 amide bonds. The van der Waals surface area contributed by atoms with Gasteiger partial charge < -0.3 is 15.6 Å². The van der Waals surface area contributed by atoms with Crippen LogP contribution in [0.25, 0.3) is 0 Å². The smallest absolute Gasteiger partial charge is 0.121 e. The zero-order valence-corrected chi connectivity index (χ0v) is 7.95. The van der Waals surface area contributed by atoms with Gasteiger partial charge in [-0.1, -0.05) is 6.07 Å². The number of aryl methyl sites for hydroxylation is 1. The van der Waals surface area contributed by atoms with Crippen molar-refractivity contribution in [3.63, 3.8) is 0 Å². The average molecular weight is 181 g/mol. The molecule has 3 N–H and O–H groups in total. The number of methoxy groups -OCH3 is 1. The third-order valence-corrected chi connectivity index (χ3v) is 2.03. The van der Waals surface area contributed by atoms with Crippen LogP contribution in [0.1, 0.15) is 17.2 Å². The van der Waals surface area contributed by atoms with Crippen molar-refractivity contribution < 1.29 is 9.84 Å². The minimum atomic E-state index is -0.579. The van der Waals surface area contributed by atoms with Gasteiger partial charge in [-0.05, 0) is 30.2 Å². The summed E-state index contributed by atoms with van der Waals surface area (Å²) in [5.41, 5.74) is 7.18. The van der Waals surface area contributed by atoms with E-state index in [9.17, 15) is 5.11 Å². The Labute approximate surface area is 78.1 Å². The third kappa shape index (κ3) is 2.20. The van der Waals surface area contributed by atoms with Gasteiger partial charge in [0, 0.05) is 6.54 Å². The molecule has 0 radical (unpaired) electrons. The molecule has 1 aromatic carbocycles. The zero-order chi connectivity index (χ0) is 9.84. The molecule has 0 aliphatic rings. The van der Waals surface area contributed by atoms with Gasteiger partial charge in [-0.15, -0.1) is 0 Å². The number of hydrogen-bond donors (Lipinski definition) is 2. The molecule has 0 saturated carbocycles. The monoisotopic (exact) mass is 181 g/mol. The van der Waals surface area contributed by atoms with Gasteiger partial charge in [0.2, 0.25) is 0 Å². The lowest BCUT2D eigenvalue weighted by Gasteiger charge is -2.10. The number of benzene rings is 1. The van der Waals surface area contributed by atoms with Crippen molar-refractivity contribution >= 4 is 0 Å². The Kier molecular flexibility index (Phi) is 3.28. The summed E-state index contributed by atoms with van der Waals surface area (Å²) in [4.78, 5) is 0. The molecule has 72 valence electrons. The molecular formula is C10H15NO2. The lowest BCUT2D eigenvalue weighted by Crippen LogP contribution is -2.11. The van der Waals surface area contributed by atoms with Crippen molar-refractivity contribution in [2.24, 2.45) is 5.73 Å². The zero-order valence-electron chi connectivity index (χ0n) is 7.95. The van der Waals surface area contributed by atoms with E-state index in [2.05, 4.69) is 0 Å². The quantitative estimate of drug-likeness (QED) is 0.731. The number of ether oxygens (including phenoxy) is 1. The number of hydrogen-bond acceptors (Lipinski definition) is 3. The summed E-state index contributed by atoms with van der Waals surface area (Å²) in [6, 6.07) is 5.54. The molecule has 3 nitrogen and oxygen atoms in total. The maximum Gasteiger partial charge on any atom is 0.121 e. The molecule has 0 aromatic heterocycles. The number of rotatable bonds is 3. The highest BCUT2D eigenvalue weighted by Gasteiger charge is 2.06. The standard InChI is InChI=1S/C10H15NO2/c1-7-5-8(9(12)6-11)3-4-10(7)13-2/h3-5,9,12H,6,11H2,1-2H3. The fourth-order valence-corrected chi connectivity index (χ4v) is 1.24. The van der Waals surface area contributed by atoms with Crippen LogP contribution in [-0.2, 0) is 0 Å². The van der Waals surface area contributed by atoms with E-state index in [1.807, 2.05) is 25.1 Å². The van der Waals surface area contributed by atoms with Crippen LogP contribution in [0.2, 0.25) is 0 Å². The Bertz CT molecular complexity index is 286. The SMILES string of the molecule is COc1ccc(C(O)CN)cc1C. The predicted molar refractivity (Wildman–Crippen MR) is 51.7 cm³/mol. The molecule has 0 aliphatic carbocycles. The number of aliphatic hydroxyl groups is 1. The van der Waals surface area contributed by atoms with Crippen molar-refractivity contribution in [3.8, 4) is 5.75 Å². The molecule has 0 aliphatic heterocycles. The topological polar surface area (TPSA) is 55.5 Å². The molecule has 0 fully saturated rings. The van der Waals surface area contributed by atoms with E-state index >= 15 is 0 Å². The molecule has 13 heavy (non-hydrogen) atoms. The van der Waals surface area contributed by atoms with Gasteiger partial charge in [-0.25, -0.2) is 0 Å². The molecule has 0 heterocycles. The highest BCUT2D eigenvalue weighted by molar-refractivity contribution is 5.36. The van der Waals surface area contributed by atoms with Crippen molar-refractivity contribution in [2.75, 3.05) is 13.7 Å². The summed E-state index contributed by atoms with van der Waals surface area (Å²) in [7, 11) is 1.63. The second-order valence-electron chi connectivity index (χ2n) is 2.98. The largest absolute Gasteiger partial charge is 0.496 e. The van der Waals surface area contributed by atoms with Gasteiger partial charge in [0.25, 0.3) is 0 Å². The Morgan fingerprint density at radius 3 is 2.69 bits per heavy atom. The van der Waals surface area contributed by atoms with Crippen LogP contribution in [0.3, 0.4) is 0 Å². The fourth-order valence-electron chi connectivity index (χ4n) is 1.24. The maximum absolute atomic E-state index is 9.45. The number of aliphatic hydroxyl groups excluding tert-OH is 1. The van der Waals surface area contributed by atoms with Gasteiger partial charge in [0.1, 0.15) is 5.75 Å². The van der Waals surface area contributed by atoms with E-state index in [1.165, 1.54) is 0 Å². The van der Waals surface area contributed by atoms with E-state index in [4.69, 9.17) is 10.5 Å². The van der Waals surface area contributed by atoms with E-state index < -0.39 is 6.10 Å². The first-order valence-corrected chi connectivity index (χ1v) is 4.21. The first-order valence-electron chi connectivity index (χ1n) is 4.21. The minimum Gasteiger partial charge on any atom is -0.496 e. The lowest BCUT2D eigenvalue weighted by molar-refractivity contribution is 0.186. The van der Waals surface area contributed by atoms with Crippen molar-refractivity contribution in [1.29, 1.82) is 0 Å². The number of nitrogens with two attached hydrogens (primary N) is 1. The molecule has 1 unspecified atom stereocenters. The molecule has 1 rings (SSSR count). The highest BCUT2D eigenvalue weighted by Crippen LogP contribution is 2.21. The van der Waals surface area contributed by atoms with Gasteiger partial charge in [0.05, 0.1) is 13.2 Å². The molecule has 3 heteroatoms. The summed E-state index contributed by atoms with van der Waals surface area (Å²) in [6.07, 6.45) is -0.579. The third-order valence-electron chi connectivity index (χ3n) is 2.03. The van der Waals surface area contributed by atoms with Crippen LogP contribution < -0.4 is 10.5 Å². The summed E-state index contributed by atoms with van der Waals surface area (Å²) in [6.45, 7) is 2.18. The van der Waals surface area contributed by atoms with Crippen LogP contribution in [-0.4, -0.2) is 18.8 Å². The second-order valence-corrected chi connectivity index (χ2v) is 2.98. The Morgan fingerprint density at radius 1 is 1.54 bits per heavy atom. The molecule has 1 aromatic rings. The Morgan fingerprint density at radius 2 is 2.23 bits per heavy atom. The van der Waals surface area contributed by atoms with Crippen molar-refractivity contribution in [1.82, 2.24) is 0 Å². The summed E-state index contributed by atoms with van der Waals surface area (Å²) in [5.74, 6) is 0.827. The average Bonchev–Trinajstić information content (AvgIpc) is 2.16. The van der Waals surface area contributed by atoms with E-state index in [0.717, 1.165) is 16.9 Å². The molecular weight excluding hydrogens is 166 g/mol. The van der Waals surface area contributed by atoms with Gasteiger partial charge in [-0.3, -0.25) is 0 Å². The minimum absolute atomic E-state index is 0.242. The molecule has 1 atom stereocenters. The molecule has 0 saturated heterocycles. The Balaban J connectivity index is 2.95. The normalized spacial score (nSPS) is 12.6. The maximum atomic E-state index is 9.45. The van der Waals surface area contributed by atoms with Crippen LogP contribution in [0.4, 0.5) is 0 Å². The predicted octanol–water partition coefficient (Wildman–Crippen LogP) is 0.996. The van der Waals surface area contributed by atoms with E-state index in [-0.39, 0.29) is 6.54 Å². The van der Waals surface area contributed by atoms with Crippen LogP contribution in [0, 0.1) is 6.92 Å². The fraction of sp³-hybridized carbons (Fsp3) is 0.400. The first-order chi connectivity index (χ1) is 6.19. The molecule has 0 spiro atoms. The van der Waals surface area contributed by atoms with Crippen molar-refractivity contribution in [2.45, 2.75) is 13.0 Å². The lowest BCUT2D eigenvalue weighted by atomic mass is 10.1. The summed E-state index contributed by atoms with van der Waals surface area (Å²) < 4.78 is 5.10. The summed E-state index contributed by atoms with van der Waals surface area (Å²) in [5, 5.41) is 9.45. The van der Waals surface area contributed by atoms with Crippen LogP contribution in [0.5, 0.6) is 5.75 Å².